The topological polar surface area (TPSA) is 175 Å². The van der Waals surface area contributed by atoms with Gasteiger partial charge in [-0.05, 0) is 81.8 Å². The lowest BCUT2D eigenvalue weighted by molar-refractivity contribution is 0.0508. The largest absolute Gasteiger partial charge is 0.508 e. The molecule has 0 aromatic heterocycles. The van der Waals surface area contributed by atoms with Crippen LogP contribution in [0.2, 0.25) is 0 Å². The number of methoxy groups -OCH3 is 2. The molecule has 14 heteroatoms. The van der Waals surface area contributed by atoms with Gasteiger partial charge in [0.05, 0.1) is 0 Å². The minimum absolute atomic E-state index is 0.0137. The monoisotopic (exact) mass is 742 g/mol. The molecule has 0 saturated carbocycles. The maximum absolute atomic E-state index is 9.71. The SMILES string of the molecule is COCOc1ccc([C@@]2(C)CSc3cc(OCOC)ccc3C2CN=[N+]=[N-])cc1.C[C@]1(c2ccc(O)cc2)CSc2cc(O)ccc2C1CN=[N+]=[N-]. The molecule has 0 saturated heterocycles. The van der Waals surface area contributed by atoms with Crippen LogP contribution in [-0.2, 0) is 20.3 Å². The molecule has 2 heterocycles. The first-order valence-corrected chi connectivity index (χ1v) is 18.5. The molecule has 12 nitrogen and oxygen atoms in total. The summed E-state index contributed by atoms with van der Waals surface area (Å²) in [6, 6.07) is 26.6. The van der Waals surface area contributed by atoms with Crippen LogP contribution in [0.15, 0.2) is 105 Å². The average Bonchev–Trinajstić information content (AvgIpc) is 3.16. The molecular formula is C38H42N6O6S2. The highest BCUT2D eigenvalue weighted by molar-refractivity contribution is 7.99. The predicted octanol–water partition coefficient (Wildman–Crippen LogP) is 9.66. The number of ether oxygens (including phenoxy) is 4. The van der Waals surface area contributed by atoms with Gasteiger partial charge in [-0.3, -0.25) is 0 Å². The number of phenolic OH excluding ortho intramolecular Hbond substituents is 2. The summed E-state index contributed by atoms with van der Waals surface area (Å²) in [6.45, 7) is 5.54. The van der Waals surface area contributed by atoms with Gasteiger partial charge in [-0.15, -0.1) is 23.5 Å². The summed E-state index contributed by atoms with van der Waals surface area (Å²) >= 11 is 3.48. The summed E-state index contributed by atoms with van der Waals surface area (Å²) in [5, 5.41) is 27.0. The van der Waals surface area contributed by atoms with Crippen LogP contribution in [0.4, 0.5) is 0 Å². The van der Waals surface area contributed by atoms with Gasteiger partial charge >= 0.3 is 0 Å². The smallest absolute Gasteiger partial charge is 0.188 e. The minimum Gasteiger partial charge on any atom is -0.508 e. The van der Waals surface area contributed by atoms with Crippen molar-refractivity contribution in [1.29, 1.82) is 0 Å². The van der Waals surface area contributed by atoms with Gasteiger partial charge in [0.2, 0.25) is 0 Å². The lowest BCUT2D eigenvalue weighted by Gasteiger charge is -2.42. The molecule has 0 radical (unpaired) electrons. The van der Waals surface area contributed by atoms with Crippen LogP contribution in [0.3, 0.4) is 0 Å². The number of nitrogens with zero attached hydrogens (tertiary/aromatic N) is 6. The maximum atomic E-state index is 9.71. The first-order chi connectivity index (χ1) is 25.2. The minimum atomic E-state index is -0.226. The Labute approximate surface area is 311 Å². The zero-order valence-electron chi connectivity index (χ0n) is 29.5. The number of benzene rings is 4. The van der Waals surface area contributed by atoms with E-state index < -0.39 is 0 Å². The molecule has 4 aromatic carbocycles. The standard InChI is InChI=1S/C21H25N3O4S.C17H17N3O2S/c1-21(15-4-6-16(7-5-15)27-13-25-2)12-29-20-10-17(28-14-26-3)8-9-18(20)19(21)11-23-24-22;1-17(11-2-4-12(21)5-3-11)10-23-16-8-13(22)6-7-14(16)15(17)9-19-20-18/h4-10,19H,11-14H2,1-3H3;2-8,15,21-22H,9-10H2,1H3/t19?,21-;15?,17-/m11/s1. The third kappa shape index (κ3) is 8.67. The second kappa shape index (κ2) is 17.7. The summed E-state index contributed by atoms with van der Waals surface area (Å²) in [7, 11) is 3.19. The van der Waals surface area contributed by atoms with Crippen molar-refractivity contribution in [3.8, 4) is 23.0 Å². The van der Waals surface area contributed by atoms with Gasteiger partial charge in [0, 0.05) is 81.1 Å². The summed E-state index contributed by atoms with van der Waals surface area (Å²) in [5.74, 6) is 3.73. The van der Waals surface area contributed by atoms with Crippen molar-refractivity contribution in [3.63, 3.8) is 0 Å². The molecule has 272 valence electrons. The molecule has 0 aliphatic carbocycles. The number of fused-ring (bicyclic) bond motifs is 2. The molecule has 0 fully saturated rings. The third-order valence-corrected chi connectivity index (χ3v) is 12.5. The Balaban J connectivity index is 0.000000206. The second-order valence-electron chi connectivity index (χ2n) is 12.9. The summed E-state index contributed by atoms with van der Waals surface area (Å²) in [5.41, 5.74) is 21.8. The molecule has 2 unspecified atom stereocenters. The highest BCUT2D eigenvalue weighted by Crippen LogP contribution is 2.52. The van der Waals surface area contributed by atoms with Crippen LogP contribution in [0, 0.1) is 0 Å². The van der Waals surface area contributed by atoms with Crippen LogP contribution < -0.4 is 9.47 Å². The fourth-order valence-electron chi connectivity index (χ4n) is 6.73. The van der Waals surface area contributed by atoms with E-state index in [2.05, 4.69) is 52.1 Å². The van der Waals surface area contributed by atoms with Crippen LogP contribution in [0.25, 0.3) is 20.9 Å². The summed E-state index contributed by atoms with van der Waals surface area (Å²) < 4.78 is 21.0. The zero-order valence-corrected chi connectivity index (χ0v) is 31.1. The van der Waals surface area contributed by atoms with E-state index in [-0.39, 0.29) is 47.8 Å². The molecule has 0 bridgehead atoms. The number of phenols is 2. The maximum Gasteiger partial charge on any atom is 0.188 e. The summed E-state index contributed by atoms with van der Waals surface area (Å²) in [6.07, 6.45) is 0. The highest BCUT2D eigenvalue weighted by Gasteiger charge is 2.42. The van der Waals surface area contributed by atoms with E-state index in [9.17, 15) is 10.2 Å². The molecule has 4 aromatic rings. The molecule has 6 rings (SSSR count). The first kappa shape index (κ1) is 38.5. The molecule has 2 aliphatic rings. The highest BCUT2D eigenvalue weighted by atomic mass is 32.2. The fourth-order valence-corrected chi connectivity index (χ4v) is 9.53. The van der Waals surface area contributed by atoms with Gasteiger partial charge in [-0.2, -0.15) is 0 Å². The molecule has 4 atom stereocenters. The van der Waals surface area contributed by atoms with Crippen LogP contribution in [0.5, 0.6) is 23.0 Å². The molecule has 52 heavy (non-hydrogen) atoms. The van der Waals surface area contributed by atoms with Crippen molar-refractivity contribution in [2.24, 2.45) is 10.2 Å². The van der Waals surface area contributed by atoms with E-state index in [4.69, 9.17) is 30.0 Å². The Kier molecular flexibility index (Phi) is 13.1. The molecule has 2 aliphatic heterocycles. The van der Waals surface area contributed by atoms with E-state index in [0.29, 0.717) is 13.1 Å². The van der Waals surface area contributed by atoms with E-state index >= 15 is 0 Å². The summed E-state index contributed by atoms with van der Waals surface area (Å²) in [4.78, 5) is 8.11. The number of thioether (sulfide) groups is 2. The number of hydrogen-bond acceptors (Lipinski definition) is 10. The Morgan fingerprint density at radius 3 is 1.62 bits per heavy atom. The van der Waals surface area contributed by atoms with Crippen molar-refractivity contribution < 1.29 is 29.2 Å². The van der Waals surface area contributed by atoms with Gasteiger partial charge in [0.25, 0.3) is 0 Å². The Morgan fingerprint density at radius 1 is 0.654 bits per heavy atom. The van der Waals surface area contributed by atoms with E-state index in [0.717, 1.165) is 43.9 Å². The van der Waals surface area contributed by atoms with E-state index in [1.807, 2.05) is 42.5 Å². The normalized spacial score (nSPS) is 21.5. The Bertz CT molecular complexity index is 1920. The van der Waals surface area contributed by atoms with Crippen LogP contribution >= 0.6 is 23.5 Å². The van der Waals surface area contributed by atoms with Gasteiger partial charge in [0.1, 0.15) is 23.0 Å². The van der Waals surface area contributed by atoms with E-state index in [1.165, 1.54) is 11.1 Å². The average molecular weight is 743 g/mol. The van der Waals surface area contributed by atoms with Gasteiger partial charge in [0.15, 0.2) is 13.6 Å². The Hall–Kier alpha value is -4.68. The number of rotatable bonds is 12. The first-order valence-electron chi connectivity index (χ1n) is 16.5. The lowest BCUT2D eigenvalue weighted by atomic mass is 9.70. The molecular weight excluding hydrogens is 701 g/mol. The predicted molar refractivity (Wildman–Crippen MR) is 204 cm³/mol. The number of aromatic hydroxyl groups is 2. The van der Waals surface area contributed by atoms with Gasteiger partial charge < -0.3 is 29.2 Å². The van der Waals surface area contributed by atoms with Crippen LogP contribution in [-0.4, -0.2) is 62.6 Å². The molecule has 0 spiro atoms. The van der Waals surface area contributed by atoms with Gasteiger partial charge in [-0.1, -0.05) is 60.5 Å². The quantitative estimate of drug-likeness (QED) is 0.0624. The van der Waals surface area contributed by atoms with Crippen molar-refractivity contribution in [2.75, 3.05) is 52.4 Å². The zero-order chi connectivity index (χ0) is 37.1. The van der Waals surface area contributed by atoms with E-state index in [1.54, 1.807) is 62.0 Å². The van der Waals surface area contributed by atoms with Crippen molar-refractivity contribution in [1.82, 2.24) is 0 Å². The molecule has 0 amide bonds. The Morgan fingerprint density at radius 2 is 1.10 bits per heavy atom. The third-order valence-electron chi connectivity index (χ3n) is 9.71. The molecule has 2 N–H and O–H groups in total. The number of hydrogen-bond donors (Lipinski definition) is 2. The van der Waals surface area contributed by atoms with Crippen LogP contribution in [0.1, 0.15) is 47.9 Å². The van der Waals surface area contributed by atoms with Crippen molar-refractivity contribution in [3.05, 3.63) is 128 Å². The second-order valence-corrected chi connectivity index (χ2v) is 15.0. The van der Waals surface area contributed by atoms with Crippen molar-refractivity contribution >= 4 is 23.5 Å². The number of azide groups is 2. The fraction of sp³-hybridized carbons (Fsp3) is 0.368. The lowest BCUT2D eigenvalue weighted by Crippen LogP contribution is -2.37. The van der Waals surface area contributed by atoms with Crippen molar-refractivity contribution in [2.45, 2.75) is 46.3 Å². The van der Waals surface area contributed by atoms with Gasteiger partial charge in [-0.25, -0.2) is 0 Å².